The first kappa shape index (κ1) is 17.6. The van der Waals surface area contributed by atoms with Gasteiger partial charge >= 0.3 is 5.97 Å². The van der Waals surface area contributed by atoms with E-state index in [0.717, 1.165) is 11.5 Å². The Morgan fingerprint density at radius 3 is 2.19 bits per heavy atom. The number of carbonyl (C=O) groups is 2. The topological polar surface area (TPSA) is 83.4 Å². The second kappa shape index (κ2) is 6.09. The van der Waals surface area contributed by atoms with E-state index in [4.69, 9.17) is 5.11 Å². The molecule has 1 heterocycles. The average molecular weight is 313 g/mol. The van der Waals surface area contributed by atoms with Gasteiger partial charge in [0.1, 0.15) is 4.88 Å². The fraction of sp³-hybridized carbons (Fsp3) is 0.714. The molecule has 0 aromatic carbocycles. The molecule has 0 aliphatic heterocycles. The van der Waals surface area contributed by atoms with Gasteiger partial charge in [-0.3, -0.25) is 9.59 Å². The molecular formula is C14H23N3O3S. The molecule has 7 heteroatoms. The zero-order chi connectivity index (χ0) is 16.4. The maximum absolute atomic E-state index is 12.8. The van der Waals surface area contributed by atoms with Crippen molar-refractivity contribution in [3.8, 4) is 0 Å². The van der Waals surface area contributed by atoms with Gasteiger partial charge in [-0.25, -0.2) is 0 Å². The molecule has 0 fully saturated rings. The number of hydrogen-bond donors (Lipinski definition) is 1. The van der Waals surface area contributed by atoms with Crippen LogP contribution >= 0.6 is 11.5 Å². The van der Waals surface area contributed by atoms with Crippen molar-refractivity contribution in [3.05, 3.63) is 10.6 Å². The predicted octanol–water partition coefficient (Wildman–Crippen LogP) is 2.55. The Balaban J connectivity index is 3.12. The summed E-state index contributed by atoms with van der Waals surface area (Å²) in [5, 5.41) is 12.9. The van der Waals surface area contributed by atoms with Gasteiger partial charge in [0.25, 0.3) is 5.91 Å². The van der Waals surface area contributed by atoms with E-state index < -0.39 is 11.5 Å². The first-order valence-electron chi connectivity index (χ1n) is 6.81. The summed E-state index contributed by atoms with van der Waals surface area (Å²) in [4.78, 5) is 25.7. The Kier molecular flexibility index (Phi) is 5.09. The molecule has 0 atom stereocenters. The van der Waals surface area contributed by atoms with Gasteiger partial charge < -0.3 is 10.0 Å². The van der Waals surface area contributed by atoms with E-state index in [1.165, 1.54) is 0 Å². The van der Waals surface area contributed by atoms with Crippen molar-refractivity contribution >= 4 is 23.4 Å². The van der Waals surface area contributed by atoms with Crippen LogP contribution in [-0.4, -0.2) is 43.6 Å². The van der Waals surface area contributed by atoms with E-state index in [0.29, 0.717) is 10.6 Å². The number of amides is 1. The molecule has 1 aromatic heterocycles. The van der Waals surface area contributed by atoms with Crippen LogP contribution in [0.4, 0.5) is 0 Å². The third-order valence-corrected chi connectivity index (χ3v) is 3.71. The van der Waals surface area contributed by atoms with Gasteiger partial charge in [0.2, 0.25) is 0 Å². The van der Waals surface area contributed by atoms with E-state index in [2.05, 4.69) is 9.59 Å². The van der Waals surface area contributed by atoms with Crippen molar-refractivity contribution in [3.63, 3.8) is 0 Å². The number of carbonyl (C=O) groups excluding carboxylic acids is 1. The lowest BCUT2D eigenvalue weighted by Gasteiger charge is -2.35. The highest BCUT2D eigenvalue weighted by atomic mass is 32.1. The van der Waals surface area contributed by atoms with Crippen LogP contribution in [0.25, 0.3) is 0 Å². The van der Waals surface area contributed by atoms with Crippen LogP contribution in [0.15, 0.2) is 0 Å². The maximum Gasteiger partial charge on any atom is 0.305 e. The Hall–Kier alpha value is -1.50. The first-order chi connectivity index (χ1) is 9.44. The predicted molar refractivity (Wildman–Crippen MR) is 81.7 cm³/mol. The number of hydrogen-bond acceptors (Lipinski definition) is 5. The number of aliphatic carboxylic acids is 1. The quantitative estimate of drug-likeness (QED) is 0.923. The molecule has 0 saturated carbocycles. The fourth-order valence-corrected chi connectivity index (χ4v) is 2.72. The summed E-state index contributed by atoms with van der Waals surface area (Å²) < 4.78 is 3.90. The molecular weight excluding hydrogens is 290 g/mol. The first-order valence-corrected chi connectivity index (χ1v) is 7.58. The Bertz CT molecular complexity index is 526. The third kappa shape index (κ3) is 4.49. The highest BCUT2D eigenvalue weighted by Gasteiger charge is 2.33. The van der Waals surface area contributed by atoms with Gasteiger partial charge in [-0.1, -0.05) is 25.3 Å². The number of carboxylic acid groups (broad SMARTS) is 1. The van der Waals surface area contributed by atoms with Crippen LogP contribution in [0.1, 0.15) is 63.3 Å². The molecule has 0 bridgehead atoms. The third-order valence-electron chi connectivity index (χ3n) is 3.00. The second-order valence-electron chi connectivity index (χ2n) is 6.97. The van der Waals surface area contributed by atoms with Crippen LogP contribution in [0.5, 0.6) is 0 Å². The minimum atomic E-state index is -0.921. The monoisotopic (exact) mass is 313 g/mol. The Labute approximate surface area is 129 Å². The molecule has 0 aliphatic rings. The lowest BCUT2D eigenvalue weighted by Crippen LogP contribution is -2.47. The van der Waals surface area contributed by atoms with E-state index >= 15 is 0 Å². The summed E-state index contributed by atoms with van der Waals surface area (Å²) in [5.74, 6) is -1.13. The van der Waals surface area contributed by atoms with Gasteiger partial charge in [0.05, 0.1) is 12.1 Å². The van der Waals surface area contributed by atoms with Crippen LogP contribution in [0.2, 0.25) is 0 Å². The van der Waals surface area contributed by atoms with Crippen molar-refractivity contribution in [2.75, 3.05) is 6.54 Å². The van der Waals surface area contributed by atoms with Crippen LogP contribution in [0.3, 0.4) is 0 Å². The standard InChI is InChI=1S/C14H23N3O3S/c1-13(2,3)11-10(21-16-15-11)12(20)17(14(4,5)6)8-7-9(18)19/h7-8H2,1-6H3,(H,18,19). The maximum atomic E-state index is 12.8. The molecule has 1 aromatic rings. The number of aromatic nitrogens is 2. The minimum absolute atomic E-state index is 0.0832. The molecule has 1 amide bonds. The zero-order valence-corrected chi connectivity index (χ0v) is 14.2. The van der Waals surface area contributed by atoms with Crippen molar-refractivity contribution < 1.29 is 14.7 Å². The highest BCUT2D eigenvalue weighted by molar-refractivity contribution is 7.08. The van der Waals surface area contributed by atoms with Gasteiger partial charge in [-0.2, -0.15) is 0 Å². The van der Waals surface area contributed by atoms with E-state index in [-0.39, 0.29) is 24.3 Å². The van der Waals surface area contributed by atoms with Crippen molar-refractivity contribution in [2.45, 2.75) is 58.9 Å². The normalized spacial score (nSPS) is 12.3. The summed E-state index contributed by atoms with van der Waals surface area (Å²) in [6.45, 7) is 11.7. The summed E-state index contributed by atoms with van der Waals surface area (Å²) >= 11 is 1.06. The van der Waals surface area contributed by atoms with Gasteiger partial charge in [0.15, 0.2) is 0 Å². The summed E-state index contributed by atoms with van der Waals surface area (Å²) in [6, 6.07) is 0. The molecule has 1 N–H and O–H groups in total. The van der Waals surface area contributed by atoms with Crippen molar-refractivity contribution in [1.29, 1.82) is 0 Å². The Morgan fingerprint density at radius 1 is 1.19 bits per heavy atom. The zero-order valence-electron chi connectivity index (χ0n) is 13.4. The number of nitrogens with zero attached hydrogens (tertiary/aromatic N) is 3. The smallest absolute Gasteiger partial charge is 0.305 e. The van der Waals surface area contributed by atoms with E-state index in [1.54, 1.807) is 4.90 Å². The molecule has 0 unspecified atom stereocenters. The minimum Gasteiger partial charge on any atom is -0.481 e. The summed E-state index contributed by atoms with van der Waals surface area (Å²) in [6.07, 6.45) is -0.0832. The largest absolute Gasteiger partial charge is 0.481 e. The molecule has 0 spiro atoms. The highest BCUT2D eigenvalue weighted by Crippen LogP contribution is 2.28. The SMILES string of the molecule is CC(C)(C)c1nnsc1C(=O)N(CCC(=O)O)C(C)(C)C. The molecule has 1 rings (SSSR count). The molecule has 118 valence electrons. The molecule has 6 nitrogen and oxygen atoms in total. The van der Waals surface area contributed by atoms with Gasteiger partial charge in [-0.05, 0) is 32.3 Å². The second-order valence-corrected chi connectivity index (χ2v) is 7.73. The lowest BCUT2D eigenvalue weighted by atomic mass is 9.91. The summed E-state index contributed by atoms with van der Waals surface area (Å²) in [7, 11) is 0. The van der Waals surface area contributed by atoms with Crippen LogP contribution < -0.4 is 0 Å². The van der Waals surface area contributed by atoms with E-state index in [1.807, 2.05) is 41.5 Å². The van der Waals surface area contributed by atoms with Gasteiger partial charge in [-0.15, -0.1) is 5.10 Å². The summed E-state index contributed by atoms with van der Waals surface area (Å²) in [5.41, 5.74) is -0.0953. The van der Waals surface area contributed by atoms with E-state index in [9.17, 15) is 9.59 Å². The van der Waals surface area contributed by atoms with Crippen molar-refractivity contribution in [1.82, 2.24) is 14.5 Å². The average Bonchev–Trinajstić information content (AvgIpc) is 2.74. The fourth-order valence-electron chi connectivity index (χ4n) is 1.89. The van der Waals surface area contributed by atoms with Crippen LogP contribution in [-0.2, 0) is 10.2 Å². The molecule has 0 aliphatic carbocycles. The Morgan fingerprint density at radius 2 is 1.76 bits per heavy atom. The molecule has 0 radical (unpaired) electrons. The number of carboxylic acids is 1. The molecule has 0 saturated heterocycles. The van der Waals surface area contributed by atoms with Crippen LogP contribution in [0, 0.1) is 0 Å². The molecule has 21 heavy (non-hydrogen) atoms. The van der Waals surface area contributed by atoms with Crippen molar-refractivity contribution in [2.24, 2.45) is 0 Å². The number of rotatable bonds is 4. The lowest BCUT2D eigenvalue weighted by molar-refractivity contribution is -0.137. The van der Waals surface area contributed by atoms with Gasteiger partial charge in [0, 0.05) is 17.5 Å².